The quantitative estimate of drug-likeness (QED) is 0.700. The summed E-state index contributed by atoms with van der Waals surface area (Å²) in [6, 6.07) is 15.0. The zero-order valence-electron chi connectivity index (χ0n) is 17.3. The Balaban J connectivity index is 1.66. The SMILES string of the molecule is CNCC(c1ccccc1)N(C)c1ncnc2c1CN(c1ccc(C)cn1)CC2. The topological polar surface area (TPSA) is 57.2 Å². The molecule has 1 atom stereocenters. The molecule has 0 spiro atoms. The predicted octanol–water partition coefficient (Wildman–Crippen LogP) is 3.14. The maximum Gasteiger partial charge on any atom is 0.137 e. The molecular formula is C23H28N6. The van der Waals surface area contributed by atoms with Crippen LogP contribution in [-0.4, -0.2) is 42.1 Å². The molecule has 29 heavy (non-hydrogen) atoms. The standard InChI is InChI=1S/C23H28N6/c1-17-9-10-22(25-13-17)29-12-11-20-19(15-29)23(27-16-26-20)28(3)21(14-24-2)18-7-5-4-6-8-18/h4-10,13,16,21,24H,11-12,14-15H2,1-3H3. The van der Waals surface area contributed by atoms with Gasteiger partial charge in [-0.25, -0.2) is 15.0 Å². The second-order valence-corrected chi connectivity index (χ2v) is 7.58. The lowest BCUT2D eigenvalue weighted by Crippen LogP contribution is -2.37. The highest BCUT2D eigenvalue weighted by molar-refractivity contribution is 5.54. The average molecular weight is 389 g/mol. The summed E-state index contributed by atoms with van der Waals surface area (Å²) in [5.41, 5.74) is 4.78. The third-order valence-corrected chi connectivity index (χ3v) is 5.58. The van der Waals surface area contributed by atoms with E-state index in [1.165, 1.54) is 16.7 Å². The third kappa shape index (κ3) is 4.07. The first-order valence-corrected chi connectivity index (χ1v) is 10.1. The summed E-state index contributed by atoms with van der Waals surface area (Å²) in [5, 5.41) is 3.33. The zero-order valence-corrected chi connectivity index (χ0v) is 17.3. The number of anilines is 2. The van der Waals surface area contributed by atoms with E-state index in [0.29, 0.717) is 0 Å². The Hall–Kier alpha value is -2.99. The summed E-state index contributed by atoms with van der Waals surface area (Å²) in [5.74, 6) is 2.00. The zero-order chi connectivity index (χ0) is 20.2. The van der Waals surface area contributed by atoms with Gasteiger partial charge in [0.2, 0.25) is 0 Å². The molecule has 6 nitrogen and oxygen atoms in total. The van der Waals surface area contributed by atoms with Gasteiger partial charge in [0.25, 0.3) is 0 Å². The van der Waals surface area contributed by atoms with Crippen LogP contribution in [0.3, 0.4) is 0 Å². The van der Waals surface area contributed by atoms with Crippen molar-refractivity contribution in [1.82, 2.24) is 20.3 Å². The van der Waals surface area contributed by atoms with E-state index in [1.54, 1.807) is 6.33 Å². The minimum atomic E-state index is 0.188. The number of likely N-dealkylation sites (N-methyl/N-ethyl adjacent to an activating group) is 2. The molecule has 1 aromatic carbocycles. The summed E-state index contributed by atoms with van der Waals surface area (Å²) < 4.78 is 0. The molecule has 6 heteroatoms. The van der Waals surface area contributed by atoms with Crippen LogP contribution in [0.5, 0.6) is 0 Å². The number of benzene rings is 1. The van der Waals surface area contributed by atoms with Crippen molar-refractivity contribution in [2.45, 2.75) is 25.9 Å². The fourth-order valence-corrected chi connectivity index (χ4v) is 3.97. The number of hydrogen-bond donors (Lipinski definition) is 1. The van der Waals surface area contributed by atoms with Crippen molar-refractivity contribution in [3.8, 4) is 0 Å². The lowest BCUT2D eigenvalue weighted by Gasteiger charge is -2.35. The van der Waals surface area contributed by atoms with E-state index < -0.39 is 0 Å². The van der Waals surface area contributed by atoms with Crippen LogP contribution in [0.15, 0.2) is 55.0 Å². The highest BCUT2D eigenvalue weighted by atomic mass is 15.2. The van der Waals surface area contributed by atoms with Crippen LogP contribution >= 0.6 is 0 Å². The number of pyridine rings is 1. The summed E-state index contributed by atoms with van der Waals surface area (Å²) in [6.07, 6.45) is 4.53. The maximum absolute atomic E-state index is 4.70. The number of aryl methyl sites for hydroxylation is 1. The van der Waals surface area contributed by atoms with E-state index in [2.05, 4.69) is 81.5 Å². The molecule has 4 rings (SSSR count). The summed E-state index contributed by atoms with van der Waals surface area (Å²) in [7, 11) is 4.12. The van der Waals surface area contributed by atoms with Crippen molar-refractivity contribution >= 4 is 11.6 Å². The van der Waals surface area contributed by atoms with E-state index in [1.807, 2.05) is 13.2 Å². The Morgan fingerprint density at radius 3 is 2.66 bits per heavy atom. The first-order valence-electron chi connectivity index (χ1n) is 10.1. The van der Waals surface area contributed by atoms with Gasteiger partial charge in [-0.1, -0.05) is 36.4 Å². The molecule has 1 aliphatic heterocycles. The van der Waals surface area contributed by atoms with Crippen molar-refractivity contribution in [1.29, 1.82) is 0 Å². The van der Waals surface area contributed by atoms with Crippen molar-refractivity contribution in [3.63, 3.8) is 0 Å². The van der Waals surface area contributed by atoms with Crippen molar-refractivity contribution in [3.05, 3.63) is 77.4 Å². The number of fused-ring (bicyclic) bond motifs is 1. The lowest BCUT2D eigenvalue weighted by atomic mass is 10.0. The molecule has 2 aromatic heterocycles. The van der Waals surface area contributed by atoms with Gasteiger partial charge in [-0.2, -0.15) is 0 Å². The Morgan fingerprint density at radius 1 is 1.10 bits per heavy atom. The first-order chi connectivity index (χ1) is 14.2. The Kier molecular flexibility index (Phi) is 5.71. The monoisotopic (exact) mass is 388 g/mol. The fraction of sp³-hybridized carbons (Fsp3) is 0.348. The van der Waals surface area contributed by atoms with Crippen molar-refractivity contribution < 1.29 is 0 Å². The molecule has 0 amide bonds. The predicted molar refractivity (Wildman–Crippen MR) is 117 cm³/mol. The molecule has 0 fully saturated rings. The average Bonchev–Trinajstić information content (AvgIpc) is 2.77. The van der Waals surface area contributed by atoms with E-state index in [4.69, 9.17) is 4.98 Å². The molecule has 1 aliphatic rings. The third-order valence-electron chi connectivity index (χ3n) is 5.58. The number of rotatable bonds is 6. The van der Waals surface area contributed by atoms with Crippen LogP contribution in [0.2, 0.25) is 0 Å². The van der Waals surface area contributed by atoms with E-state index in [-0.39, 0.29) is 6.04 Å². The molecule has 1 N–H and O–H groups in total. The fourth-order valence-electron chi connectivity index (χ4n) is 3.97. The summed E-state index contributed by atoms with van der Waals surface area (Å²) >= 11 is 0. The molecule has 150 valence electrons. The lowest BCUT2D eigenvalue weighted by molar-refractivity contribution is 0.603. The van der Waals surface area contributed by atoms with Crippen LogP contribution in [-0.2, 0) is 13.0 Å². The van der Waals surface area contributed by atoms with Gasteiger partial charge in [0.05, 0.1) is 11.7 Å². The van der Waals surface area contributed by atoms with Crippen LogP contribution < -0.4 is 15.1 Å². The normalized spacial score (nSPS) is 14.4. The van der Waals surface area contributed by atoms with Gasteiger partial charge in [0, 0.05) is 44.9 Å². The molecular weight excluding hydrogens is 360 g/mol. The smallest absolute Gasteiger partial charge is 0.137 e. The first kappa shape index (κ1) is 19.3. The van der Waals surface area contributed by atoms with Gasteiger partial charge >= 0.3 is 0 Å². The second-order valence-electron chi connectivity index (χ2n) is 7.58. The largest absolute Gasteiger partial charge is 0.352 e. The minimum absolute atomic E-state index is 0.188. The molecule has 1 unspecified atom stereocenters. The van der Waals surface area contributed by atoms with Crippen molar-refractivity contribution in [2.24, 2.45) is 0 Å². The highest BCUT2D eigenvalue weighted by Gasteiger charge is 2.26. The Bertz CT molecular complexity index is 941. The van der Waals surface area contributed by atoms with Crippen molar-refractivity contribution in [2.75, 3.05) is 37.0 Å². The molecule has 0 aliphatic carbocycles. The van der Waals surface area contributed by atoms with Gasteiger partial charge in [-0.05, 0) is 31.2 Å². The number of nitrogens with one attached hydrogen (secondary N) is 1. The minimum Gasteiger partial charge on any atom is -0.352 e. The number of nitrogens with zero attached hydrogens (tertiary/aromatic N) is 5. The van der Waals surface area contributed by atoms with Crippen LogP contribution in [0.4, 0.5) is 11.6 Å². The van der Waals surface area contributed by atoms with Crippen LogP contribution in [0.1, 0.15) is 28.4 Å². The van der Waals surface area contributed by atoms with Gasteiger partial charge in [0.15, 0.2) is 0 Å². The Labute approximate surface area is 172 Å². The molecule has 3 aromatic rings. The molecule has 3 heterocycles. The Morgan fingerprint density at radius 2 is 1.93 bits per heavy atom. The number of hydrogen-bond acceptors (Lipinski definition) is 6. The van der Waals surface area contributed by atoms with E-state index in [0.717, 1.165) is 43.4 Å². The van der Waals surface area contributed by atoms with Gasteiger partial charge < -0.3 is 15.1 Å². The number of aromatic nitrogens is 3. The van der Waals surface area contributed by atoms with Gasteiger partial charge in [-0.15, -0.1) is 0 Å². The van der Waals surface area contributed by atoms with Gasteiger partial charge in [-0.3, -0.25) is 0 Å². The van der Waals surface area contributed by atoms with E-state index in [9.17, 15) is 0 Å². The molecule has 0 radical (unpaired) electrons. The second kappa shape index (κ2) is 8.57. The maximum atomic E-state index is 4.70. The summed E-state index contributed by atoms with van der Waals surface area (Å²) in [4.78, 5) is 18.5. The molecule has 0 bridgehead atoms. The molecule has 0 saturated heterocycles. The summed E-state index contributed by atoms with van der Waals surface area (Å²) in [6.45, 7) is 4.59. The van der Waals surface area contributed by atoms with Crippen LogP contribution in [0, 0.1) is 6.92 Å². The molecule has 0 saturated carbocycles. The van der Waals surface area contributed by atoms with Crippen LogP contribution in [0.25, 0.3) is 0 Å². The van der Waals surface area contributed by atoms with Gasteiger partial charge in [0.1, 0.15) is 18.0 Å². The van der Waals surface area contributed by atoms with E-state index >= 15 is 0 Å². The highest BCUT2D eigenvalue weighted by Crippen LogP contribution is 2.31.